The highest BCUT2D eigenvalue weighted by Gasteiger charge is 2.14. The van der Waals surface area contributed by atoms with E-state index >= 15 is 0 Å². The third-order valence-corrected chi connectivity index (χ3v) is 5.51. The van der Waals surface area contributed by atoms with Gasteiger partial charge in [0.2, 0.25) is 0 Å². The number of hydrazone groups is 1. The van der Waals surface area contributed by atoms with E-state index in [1.807, 2.05) is 48.5 Å². The third-order valence-electron chi connectivity index (χ3n) is 4.98. The number of halogens is 1. The number of esters is 1. The second-order valence-corrected chi connectivity index (χ2v) is 8.35. The molecule has 0 aromatic heterocycles. The molecule has 34 heavy (non-hydrogen) atoms. The van der Waals surface area contributed by atoms with Gasteiger partial charge < -0.3 is 9.47 Å². The zero-order valence-corrected chi connectivity index (χ0v) is 19.9. The molecule has 4 aromatic rings. The second-order valence-electron chi connectivity index (χ2n) is 7.43. The van der Waals surface area contributed by atoms with Crippen LogP contribution < -0.4 is 14.9 Å². The zero-order chi connectivity index (χ0) is 23.9. The van der Waals surface area contributed by atoms with Crippen LogP contribution in [0.25, 0.3) is 10.8 Å². The SMILES string of the molecule is CC(Oc1ccc(Br)cc1)C(=O)NN=Cc1ccc(OC(=O)c2cccc3ccccc23)cc1. The molecule has 0 saturated heterocycles. The number of amides is 1. The summed E-state index contributed by atoms with van der Waals surface area (Å²) in [5.74, 6) is 0.198. The summed E-state index contributed by atoms with van der Waals surface area (Å²) >= 11 is 3.35. The molecule has 4 rings (SSSR count). The van der Waals surface area contributed by atoms with Crippen molar-refractivity contribution < 1.29 is 19.1 Å². The van der Waals surface area contributed by atoms with Gasteiger partial charge in [0.05, 0.1) is 11.8 Å². The van der Waals surface area contributed by atoms with Gasteiger partial charge in [0, 0.05) is 4.47 Å². The number of carbonyl (C=O) groups is 2. The Morgan fingerprint density at radius 1 is 0.882 bits per heavy atom. The highest BCUT2D eigenvalue weighted by Crippen LogP contribution is 2.21. The number of ether oxygens (including phenoxy) is 2. The van der Waals surface area contributed by atoms with Crippen molar-refractivity contribution in [2.24, 2.45) is 5.10 Å². The Bertz CT molecular complexity index is 1330. The van der Waals surface area contributed by atoms with Crippen LogP contribution in [0.2, 0.25) is 0 Å². The summed E-state index contributed by atoms with van der Waals surface area (Å²) in [4.78, 5) is 24.9. The van der Waals surface area contributed by atoms with Gasteiger partial charge in [-0.2, -0.15) is 5.10 Å². The van der Waals surface area contributed by atoms with Gasteiger partial charge in [0.15, 0.2) is 6.10 Å². The van der Waals surface area contributed by atoms with E-state index in [0.29, 0.717) is 17.1 Å². The van der Waals surface area contributed by atoms with Gasteiger partial charge in [-0.05, 0) is 77.9 Å². The van der Waals surface area contributed by atoms with Crippen molar-refractivity contribution in [1.82, 2.24) is 5.43 Å². The quantitative estimate of drug-likeness (QED) is 0.147. The summed E-state index contributed by atoms with van der Waals surface area (Å²) < 4.78 is 12.1. The molecule has 0 radical (unpaired) electrons. The van der Waals surface area contributed by atoms with Gasteiger partial charge in [-0.1, -0.05) is 52.3 Å². The van der Waals surface area contributed by atoms with Crippen molar-refractivity contribution in [3.63, 3.8) is 0 Å². The molecule has 4 aromatic carbocycles. The Kier molecular flexibility index (Phi) is 7.34. The van der Waals surface area contributed by atoms with Crippen molar-refractivity contribution >= 4 is 44.8 Å². The minimum Gasteiger partial charge on any atom is -0.481 e. The first-order valence-corrected chi connectivity index (χ1v) is 11.3. The fourth-order valence-corrected chi connectivity index (χ4v) is 3.48. The molecule has 0 saturated carbocycles. The number of nitrogens with zero attached hydrogens (tertiary/aromatic N) is 1. The molecular weight excluding hydrogens is 496 g/mol. The minimum atomic E-state index is -0.714. The highest BCUT2D eigenvalue weighted by atomic mass is 79.9. The molecule has 0 fully saturated rings. The van der Waals surface area contributed by atoms with Crippen LogP contribution in [0.1, 0.15) is 22.8 Å². The highest BCUT2D eigenvalue weighted by molar-refractivity contribution is 9.10. The third kappa shape index (κ3) is 5.88. The fourth-order valence-electron chi connectivity index (χ4n) is 3.22. The summed E-state index contributed by atoms with van der Waals surface area (Å²) in [6.07, 6.45) is 0.787. The average Bonchev–Trinajstić information content (AvgIpc) is 2.86. The van der Waals surface area contributed by atoms with Crippen LogP contribution in [0.3, 0.4) is 0 Å². The van der Waals surface area contributed by atoms with Crippen molar-refractivity contribution in [3.8, 4) is 11.5 Å². The lowest BCUT2D eigenvalue weighted by atomic mass is 10.0. The number of hydrogen-bond acceptors (Lipinski definition) is 5. The molecule has 1 amide bonds. The molecule has 1 atom stereocenters. The number of hydrogen-bond donors (Lipinski definition) is 1. The fraction of sp³-hybridized carbons (Fsp3) is 0.0741. The molecule has 0 bridgehead atoms. The zero-order valence-electron chi connectivity index (χ0n) is 18.3. The predicted octanol–water partition coefficient (Wildman–Crippen LogP) is 5.74. The van der Waals surface area contributed by atoms with E-state index in [1.54, 1.807) is 49.4 Å². The van der Waals surface area contributed by atoms with E-state index in [4.69, 9.17) is 9.47 Å². The standard InChI is InChI=1S/C27H21BrN2O4/c1-18(33-22-15-11-21(28)12-16-22)26(31)30-29-17-19-9-13-23(14-10-19)34-27(32)25-8-4-6-20-5-2-3-7-24(20)25/h2-18H,1H3,(H,30,31). The van der Waals surface area contributed by atoms with Crippen molar-refractivity contribution in [1.29, 1.82) is 0 Å². The van der Waals surface area contributed by atoms with Gasteiger partial charge in [-0.15, -0.1) is 0 Å². The van der Waals surface area contributed by atoms with Gasteiger partial charge in [0.25, 0.3) is 5.91 Å². The molecular formula is C27H21BrN2O4. The largest absolute Gasteiger partial charge is 0.481 e. The number of nitrogens with one attached hydrogen (secondary N) is 1. The summed E-state index contributed by atoms with van der Waals surface area (Å²) in [7, 11) is 0. The molecule has 1 N–H and O–H groups in total. The van der Waals surface area contributed by atoms with Gasteiger partial charge in [-0.3, -0.25) is 4.79 Å². The first-order chi connectivity index (χ1) is 16.5. The van der Waals surface area contributed by atoms with Crippen LogP contribution in [0.15, 0.2) is 101 Å². The lowest BCUT2D eigenvalue weighted by Gasteiger charge is -2.12. The molecule has 170 valence electrons. The van der Waals surface area contributed by atoms with E-state index in [2.05, 4.69) is 26.5 Å². The molecule has 0 spiro atoms. The molecule has 0 aliphatic rings. The Balaban J connectivity index is 1.32. The van der Waals surface area contributed by atoms with Crippen LogP contribution in [-0.4, -0.2) is 24.2 Å². The number of rotatable bonds is 7. The Morgan fingerprint density at radius 3 is 2.32 bits per heavy atom. The van der Waals surface area contributed by atoms with E-state index in [9.17, 15) is 9.59 Å². The Morgan fingerprint density at radius 2 is 1.56 bits per heavy atom. The first kappa shape index (κ1) is 23.2. The lowest BCUT2D eigenvalue weighted by Crippen LogP contribution is -2.33. The molecule has 6 nitrogen and oxygen atoms in total. The number of fused-ring (bicyclic) bond motifs is 1. The maximum absolute atomic E-state index is 12.7. The Hall–Kier alpha value is -3.97. The Labute approximate surface area is 205 Å². The van der Waals surface area contributed by atoms with Crippen LogP contribution >= 0.6 is 15.9 Å². The summed E-state index contributed by atoms with van der Waals surface area (Å²) in [6.45, 7) is 1.64. The summed E-state index contributed by atoms with van der Waals surface area (Å²) in [5, 5.41) is 5.79. The molecule has 0 heterocycles. The maximum Gasteiger partial charge on any atom is 0.344 e. The molecule has 1 unspecified atom stereocenters. The maximum atomic E-state index is 12.7. The van der Waals surface area contributed by atoms with Crippen LogP contribution in [0.5, 0.6) is 11.5 Å². The van der Waals surface area contributed by atoms with Gasteiger partial charge in [0.1, 0.15) is 11.5 Å². The van der Waals surface area contributed by atoms with Gasteiger partial charge in [-0.25, -0.2) is 10.2 Å². The second kappa shape index (κ2) is 10.8. The van der Waals surface area contributed by atoms with Gasteiger partial charge >= 0.3 is 5.97 Å². The molecule has 0 aliphatic heterocycles. The van der Waals surface area contributed by atoms with E-state index < -0.39 is 12.1 Å². The smallest absolute Gasteiger partial charge is 0.344 e. The van der Waals surface area contributed by atoms with Crippen molar-refractivity contribution in [3.05, 3.63) is 107 Å². The average molecular weight is 517 g/mol. The van der Waals surface area contributed by atoms with Crippen LogP contribution in [0.4, 0.5) is 0 Å². The lowest BCUT2D eigenvalue weighted by molar-refractivity contribution is -0.127. The topological polar surface area (TPSA) is 77.0 Å². The summed E-state index contributed by atoms with van der Waals surface area (Å²) in [6, 6.07) is 27.2. The van der Waals surface area contributed by atoms with E-state index in [-0.39, 0.29) is 5.91 Å². The monoisotopic (exact) mass is 516 g/mol. The predicted molar refractivity (Wildman–Crippen MR) is 135 cm³/mol. The number of benzene rings is 4. The normalized spacial score (nSPS) is 11.8. The van der Waals surface area contributed by atoms with E-state index in [0.717, 1.165) is 20.8 Å². The summed E-state index contributed by atoms with van der Waals surface area (Å²) in [5.41, 5.74) is 3.69. The number of carbonyl (C=O) groups excluding carboxylic acids is 2. The van der Waals surface area contributed by atoms with Crippen LogP contribution in [-0.2, 0) is 4.79 Å². The van der Waals surface area contributed by atoms with Crippen molar-refractivity contribution in [2.45, 2.75) is 13.0 Å². The minimum absolute atomic E-state index is 0.375. The van der Waals surface area contributed by atoms with E-state index in [1.165, 1.54) is 6.21 Å². The van der Waals surface area contributed by atoms with Crippen LogP contribution in [0, 0.1) is 0 Å². The van der Waals surface area contributed by atoms with Crippen molar-refractivity contribution in [2.75, 3.05) is 0 Å². The molecule has 7 heteroatoms. The molecule has 0 aliphatic carbocycles. The first-order valence-electron chi connectivity index (χ1n) is 10.5.